The van der Waals surface area contributed by atoms with E-state index in [2.05, 4.69) is 26.7 Å². The minimum atomic E-state index is -4.03. The molecule has 1 aromatic heterocycles. The molecule has 0 fully saturated rings. The van der Waals surface area contributed by atoms with Crippen molar-refractivity contribution in [3.8, 4) is 5.75 Å². The van der Waals surface area contributed by atoms with Crippen molar-refractivity contribution in [3.05, 3.63) is 72.2 Å². The number of carbonyl (C=O) groups is 1. The van der Waals surface area contributed by atoms with E-state index in [1.54, 1.807) is 41.6 Å². The Morgan fingerprint density at radius 1 is 1.21 bits per heavy atom. The van der Waals surface area contributed by atoms with Gasteiger partial charge in [0.05, 0.1) is 30.2 Å². The van der Waals surface area contributed by atoms with Crippen molar-refractivity contribution in [1.29, 1.82) is 0 Å². The number of aliphatic hydroxyl groups is 1. The molecule has 0 spiro atoms. The van der Waals surface area contributed by atoms with E-state index in [0.717, 1.165) is 5.56 Å². The maximum atomic E-state index is 13.6. The largest absolute Gasteiger partial charge is 0.486 e. The van der Waals surface area contributed by atoms with Crippen LogP contribution in [0.2, 0.25) is 0 Å². The number of carbonyl (C=O) groups excluding carboxylic acids is 1. The highest BCUT2D eigenvalue weighted by molar-refractivity contribution is 7.92. The van der Waals surface area contributed by atoms with E-state index in [9.17, 15) is 18.3 Å². The van der Waals surface area contributed by atoms with Crippen molar-refractivity contribution in [3.63, 3.8) is 0 Å². The van der Waals surface area contributed by atoms with Gasteiger partial charge in [-0.05, 0) is 31.7 Å². The molecule has 2 N–H and O–H groups in total. The third kappa shape index (κ3) is 6.17. The second-order valence-electron chi connectivity index (χ2n) is 9.97. The standard InChI is InChI=1S/C27H35N5O5S/c1-19-13-32(20(2)17-33)27(34)22-11-8-12-23(29-38(35,36)25-16-31(4)18-28-25)26(22)37-24(19)15-30(3)14-21-9-6-5-7-10-21/h5-12,16,18-20,24,29,33H,13-15,17H2,1-4H3/t19-,20-,24+/m0/s1. The topological polar surface area (TPSA) is 117 Å². The van der Waals surface area contributed by atoms with E-state index in [1.807, 2.05) is 32.2 Å². The zero-order chi connectivity index (χ0) is 27.4. The Labute approximate surface area is 223 Å². The predicted octanol–water partition coefficient (Wildman–Crippen LogP) is 2.57. The number of sulfonamides is 1. The van der Waals surface area contributed by atoms with Crippen molar-refractivity contribution in [1.82, 2.24) is 19.4 Å². The fourth-order valence-corrected chi connectivity index (χ4v) is 5.58. The van der Waals surface area contributed by atoms with Crippen LogP contribution >= 0.6 is 0 Å². The Hall–Kier alpha value is -3.41. The molecule has 3 aromatic rings. The molecule has 1 amide bonds. The van der Waals surface area contributed by atoms with Gasteiger partial charge in [-0.25, -0.2) is 4.98 Å². The third-order valence-corrected chi connectivity index (χ3v) is 7.93. The lowest BCUT2D eigenvalue weighted by molar-refractivity contribution is 0.0344. The van der Waals surface area contributed by atoms with E-state index in [0.29, 0.717) is 19.6 Å². The van der Waals surface area contributed by atoms with Gasteiger partial charge in [0.2, 0.25) is 0 Å². The summed E-state index contributed by atoms with van der Waals surface area (Å²) in [4.78, 5) is 21.4. The lowest BCUT2D eigenvalue weighted by Gasteiger charge is -2.38. The molecular weight excluding hydrogens is 506 g/mol. The maximum Gasteiger partial charge on any atom is 0.281 e. The number of ether oxygens (including phenoxy) is 1. The summed E-state index contributed by atoms with van der Waals surface area (Å²) in [5.41, 5.74) is 1.54. The van der Waals surface area contributed by atoms with Crippen LogP contribution in [0.4, 0.5) is 5.69 Å². The van der Waals surface area contributed by atoms with Gasteiger partial charge in [-0.2, -0.15) is 8.42 Å². The molecule has 0 radical (unpaired) electrons. The second-order valence-corrected chi connectivity index (χ2v) is 11.6. The highest BCUT2D eigenvalue weighted by Crippen LogP contribution is 2.36. The number of nitrogens with one attached hydrogen (secondary N) is 1. The van der Waals surface area contributed by atoms with E-state index < -0.39 is 16.1 Å². The average molecular weight is 542 g/mol. The number of fused-ring (bicyclic) bond motifs is 1. The Morgan fingerprint density at radius 2 is 1.95 bits per heavy atom. The van der Waals surface area contributed by atoms with Crippen molar-refractivity contribution in [2.45, 2.75) is 37.6 Å². The minimum absolute atomic E-state index is 0.111. The molecule has 2 aromatic carbocycles. The number of anilines is 1. The lowest BCUT2D eigenvalue weighted by atomic mass is 9.99. The number of para-hydroxylation sites is 1. The number of hydrogen-bond donors (Lipinski definition) is 2. The molecule has 38 heavy (non-hydrogen) atoms. The summed E-state index contributed by atoms with van der Waals surface area (Å²) in [6.07, 6.45) is 2.43. The first-order valence-corrected chi connectivity index (χ1v) is 14.0. The van der Waals surface area contributed by atoms with Crippen molar-refractivity contribution >= 4 is 21.6 Å². The smallest absolute Gasteiger partial charge is 0.281 e. The molecule has 4 rings (SSSR count). The lowest BCUT2D eigenvalue weighted by Crippen LogP contribution is -2.49. The van der Waals surface area contributed by atoms with Gasteiger partial charge >= 0.3 is 0 Å². The number of aryl methyl sites for hydroxylation is 1. The number of rotatable bonds is 9. The molecular formula is C27H35N5O5S. The molecule has 0 saturated heterocycles. The summed E-state index contributed by atoms with van der Waals surface area (Å²) in [5.74, 6) is -0.278. The molecule has 204 valence electrons. The fraction of sp³-hybridized carbons (Fsp3) is 0.407. The normalized spacial score (nSPS) is 18.9. The van der Waals surface area contributed by atoms with Gasteiger partial charge in [0.25, 0.3) is 15.9 Å². The van der Waals surface area contributed by atoms with Gasteiger partial charge in [-0.3, -0.25) is 14.4 Å². The second kappa shape index (κ2) is 11.5. The summed E-state index contributed by atoms with van der Waals surface area (Å²) in [7, 11) is -0.352. The van der Waals surface area contributed by atoms with Crippen LogP contribution in [0.5, 0.6) is 5.75 Å². The van der Waals surface area contributed by atoms with Gasteiger partial charge in [0, 0.05) is 38.8 Å². The van der Waals surface area contributed by atoms with Crippen molar-refractivity contribution in [2.75, 3.05) is 31.5 Å². The zero-order valence-corrected chi connectivity index (χ0v) is 22.9. The Bertz CT molecular complexity index is 1360. The molecule has 1 aliphatic rings. The molecule has 0 saturated carbocycles. The minimum Gasteiger partial charge on any atom is -0.486 e. The molecule has 0 unspecified atom stereocenters. The summed E-state index contributed by atoms with van der Waals surface area (Å²) in [5, 5.41) is 9.74. The number of likely N-dealkylation sites (N-methyl/N-ethyl adjacent to an activating group) is 1. The first kappa shape index (κ1) is 27.6. The van der Waals surface area contributed by atoms with Crippen LogP contribution in [-0.4, -0.2) is 77.7 Å². The van der Waals surface area contributed by atoms with Crippen LogP contribution in [0.3, 0.4) is 0 Å². The molecule has 0 bridgehead atoms. The summed E-state index contributed by atoms with van der Waals surface area (Å²) in [6, 6.07) is 14.5. The summed E-state index contributed by atoms with van der Waals surface area (Å²) >= 11 is 0. The van der Waals surface area contributed by atoms with Gasteiger partial charge in [0.15, 0.2) is 10.8 Å². The van der Waals surface area contributed by atoms with Crippen LogP contribution in [0.1, 0.15) is 29.8 Å². The van der Waals surface area contributed by atoms with Crippen molar-refractivity contribution < 1.29 is 23.1 Å². The summed E-state index contributed by atoms with van der Waals surface area (Å²) in [6.45, 7) is 5.21. The average Bonchev–Trinajstić information content (AvgIpc) is 3.34. The highest BCUT2D eigenvalue weighted by atomic mass is 32.2. The zero-order valence-electron chi connectivity index (χ0n) is 22.1. The van der Waals surface area contributed by atoms with E-state index in [1.165, 1.54) is 12.5 Å². The monoisotopic (exact) mass is 541 g/mol. The molecule has 3 atom stereocenters. The van der Waals surface area contributed by atoms with E-state index >= 15 is 0 Å². The highest BCUT2D eigenvalue weighted by Gasteiger charge is 2.35. The molecule has 10 nitrogen and oxygen atoms in total. The third-order valence-electron chi connectivity index (χ3n) is 6.68. The van der Waals surface area contributed by atoms with Crippen LogP contribution in [-0.2, 0) is 23.6 Å². The van der Waals surface area contributed by atoms with Crippen molar-refractivity contribution in [2.24, 2.45) is 13.0 Å². The van der Waals surface area contributed by atoms with Crippen LogP contribution < -0.4 is 9.46 Å². The number of aliphatic hydroxyl groups excluding tert-OH is 1. The number of imidazole rings is 1. The van der Waals surface area contributed by atoms with Crippen LogP contribution in [0, 0.1) is 5.92 Å². The number of hydrogen-bond acceptors (Lipinski definition) is 7. The first-order valence-electron chi connectivity index (χ1n) is 12.5. The quantitative estimate of drug-likeness (QED) is 0.428. The summed E-state index contributed by atoms with van der Waals surface area (Å²) < 4.78 is 36.8. The molecule has 11 heteroatoms. The molecule has 0 aliphatic carbocycles. The predicted molar refractivity (Wildman–Crippen MR) is 144 cm³/mol. The van der Waals surface area contributed by atoms with Gasteiger partial charge < -0.3 is 19.3 Å². The maximum absolute atomic E-state index is 13.6. The van der Waals surface area contributed by atoms with Gasteiger partial charge in [-0.15, -0.1) is 0 Å². The fourth-order valence-electron chi connectivity index (χ4n) is 4.53. The van der Waals surface area contributed by atoms with Crippen LogP contribution in [0.25, 0.3) is 0 Å². The number of aromatic nitrogens is 2. The van der Waals surface area contributed by atoms with Crippen LogP contribution in [0.15, 0.2) is 66.1 Å². The number of benzene rings is 2. The Morgan fingerprint density at radius 3 is 2.61 bits per heavy atom. The number of amides is 1. The Kier molecular flexibility index (Phi) is 8.39. The van der Waals surface area contributed by atoms with Gasteiger partial charge in [-0.1, -0.05) is 43.3 Å². The number of nitrogens with zero attached hydrogens (tertiary/aromatic N) is 4. The van der Waals surface area contributed by atoms with E-state index in [4.69, 9.17) is 4.74 Å². The van der Waals surface area contributed by atoms with E-state index in [-0.39, 0.29) is 46.6 Å². The SMILES string of the molecule is C[C@H]1CN([C@@H](C)CO)C(=O)c2cccc(NS(=O)(=O)c3cn(C)cn3)c2O[C@@H]1CN(C)Cc1ccccc1. The van der Waals surface area contributed by atoms with Gasteiger partial charge in [0.1, 0.15) is 6.10 Å². The Balaban J connectivity index is 1.71. The molecule has 2 heterocycles. The first-order chi connectivity index (χ1) is 18.1. The molecule has 1 aliphatic heterocycles.